The minimum atomic E-state index is -1.16. The summed E-state index contributed by atoms with van der Waals surface area (Å²) in [4.78, 5) is 30.2. The van der Waals surface area contributed by atoms with Gasteiger partial charge in [-0.2, -0.15) is 5.10 Å². The number of nitrogens with one attached hydrogen (secondary N) is 1. The number of hydrogen-bond donors (Lipinski definition) is 1. The molecule has 1 N–H and O–H groups in total. The van der Waals surface area contributed by atoms with Gasteiger partial charge < -0.3 is 14.5 Å². The second-order valence-corrected chi connectivity index (χ2v) is 12.4. The highest BCUT2D eigenvalue weighted by Gasteiger charge is 2.42. The third-order valence-electron chi connectivity index (χ3n) is 5.78. The lowest BCUT2D eigenvalue weighted by molar-refractivity contribution is -0.117. The number of amides is 1. The van der Waals surface area contributed by atoms with Crippen molar-refractivity contribution in [3.8, 4) is 0 Å². The molecule has 0 bridgehead atoms. The predicted molar refractivity (Wildman–Crippen MR) is 155 cm³/mol. The highest BCUT2D eigenvalue weighted by molar-refractivity contribution is 6.32. The molecule has 0 fully saturated rings. The molecule has 2 heterocycles. The van der Waals surface area contributed by atoms with Gasteiger partial charge in [-0.3, -0.25) is 4.79 Å². The lowest BCUT2D eigenvalue weighted by Gasteiger charge is -2.36. The summed E-state index contributed by atoms with van der Waals surface area (Å²) in [7, 11) is 0.0827. The van der Waals surface area contributed by atoms with E-state index in [1.807, 2.05) is 60.7 Å². The summed E-state index contributed by atoms with van der Waals surface area (Å²) in [5.74, 6) is -0.679. The Labute approximate surface area is 241 Å². The molecular formula is C30H31ClN4O4Si. The van der Waals surface area contributed by atoms with Gasteiger partial charge in [-0.1, -0.05) is 93.0 Å². The molecule has 1 amide bonds. The molecule has 206 valence electrons. The van der Waals surface area contributed by atoms with Crippen molar-refractivity contribution >= 4 is 39.1 Å². The van der Waals surface area contributed by atoms with Crippen molar-refractivity contribution in [1.29, 1.82) is 0 Å². The Hall–Kier alpha value is -3.79. The molecule has 2 radical (unpaired) electrons. The number of halogens is 1. The van der Waals surface area contributed by atoms with Crippen LogP contribution in [0, 0.1) is 0 Å². The zero-order chi connectivity index (χ0) is 28.8. The number of aromatic nitrogens is 3. The molecule has 10 heteroatoms. The number of ether oxygens (including phenoxy) is 1. The molecule has 0 saturated carbocycles. The van der Waals surface area contributed by atoms with Crippen molar-refractivity contribution < 1.29 is 18.8 Å². The number of carbonyl (C=O) groups excluding carboxylic acids is 2. The lowest BCUT2D eigenvalue weighted by Crippen LogP contribution is -2.37. The molecule has 0 atom stereocenters. The van der Waals surface area contributed by atoms with Crippen LogP contribution < -0.4 is 5.32 Å². The number of nitrogens with zero attached hydrogens (tertiary/aromatic N) is 3. The van der Waals surface area contributed by atoms with E-state index >= 15 is 0 Å². The summed E-state index contributed by atoms with van der Waals surface area (Å²) in [5.41, 5.74) is 1.12. The van der Waals surface area contributed by atoms with Gasteiger partial charge in [0.1, 0.15) is 23.8 Å². The number of esters is 1. The summed E-state index contributed by atoms with van der Waals surface area (Å²) >= 11 is 5.91. The Morgan fingerprint density at radius 1 is 0.975 bits per heavy atom. The monoisotopic (exact) mass is 574 g/mol. The van der Waals surface area contributed by atoms with Crippen LogP contribution in [0.15, 0.2) is 85.1 Å². The second-order valence-electron chi connectivity index (χ2n) is 10.1. The van der Waals surface area contributed by atoms with Gasteiger partial charge in [0.05, 0.1) is 11.6 Å². The topological polar surface area (TPSA) is 95.3 Å². The molecule has 8 nitrogen and oxygen atoms in total. The van der Waals surface area contributed by atoms with E-state index in [0.717, 1.165) is 11.1 Å². The molecule has 0 saturated heterocycles. The van der Waals surface area contributed by atoms with Crippen LogP contribution in [0.3, 0.4) is 0 Å². The van der Waals surface area contributed by atoms with Gasteiger partial charge in [0.2, 0.25) is 15.7 Å². The Morgan fingerprint density at radius 3 is 2.12 bits per heavy atom. The smallest absolute Gasteiger partial charge is 0.356 e. The minimum absolute atomic E-state index is 0.0827. The van der Waals surface area contributed by atoms with E-state index in [1.165, 1.54) is 10.9 Å². The van der Waals surface area contributed by atoms with E-state index in [-0.39, 0.29) is 33.6 Å². The first-order valence-electron chi connectivity index (χ1n) is 12.9. The number of carbonyl (C=O) groups is 2. The molecular weight excluding hydrogens is 544 g/mol. The van der Waals surface area contributed by atoms with Gasteiger partial charge in [-0.05, 0) is 41.3 Å². The standard InChI is InChI=1S/C30H31ClN4O4Si/c1-5-38-28(37)24-18-25(34-35(24)20-27(36)33-26-17-16-23(31)19-32-26)30(39-40-29(2,3)4,21-12-8-6-9-13-21)22-14-10-7-11-15-22/h6-19H,5,20H2,1-4H3,(H,32,33,36). The van der Waals surface area contributed by atoms with Crippen LogP contribution in [0.5, 0.6) is 0 Å². The maximum Gasteiger partial charge on any atom is 0.356 e. The molecule has 0 aliphatic carbocycles. The number of pyridine rings is 1. The molecule has 2 aromatic heterocycles. The number of benzene rings is 2. The predicted octanol–water partition coefficient (Wildman–Crippen LogP) is 5.89. The van der Waals surface area contributed by atoms with Gasteiger partial charge in [-0.25, -0.2) is 14.5 Å². The molecule has 2 aromatic carbocycles. The van der Waals surface area contributed by atoms with E-state index in [4.69, 9.17) is 25.9 Å². The fourth-order valence-electron chi connectivity index (χ4n) is 4.05. The van der Waals surface area contributed by atoms with Crippen molar-refractivity contribution in [2.24, 2.45) is 0 Å². The summed E-state index contributed by atoms with van der Waals surface area (Å²) in [6.07, 6.45) is 1.44. The van der Waals surface area contributed by atoms with Crippen LogP contribution in [0.25, 0.3) is 0 Å². The Bertz CT molecular complexity index is 1400. The first-order valence-corrected chi connectivity index (χ1v) is 14.1. The molecule has 0 aliphatic heterocycles. The van der Waals surface area contributed by atoms with Crippen LogP contribution in [0.2, 0.25) is 10.1 Å². The first kappa shape index (κ1) is 29.2. The van der Waals surface area contributed by atoms with Crippen LogP contribution >= 0.6 is 11.6 Å². The zero-order valence-corrected chi connectivity index (χ0v) is 24.6. The molecule has 0 unspecified atom stereocenters. The van der Waals surface area contributed by atoms with E-state index in [1.54, 1.807) is 25.1 Å². The minimum Gasteiger partial charge on any atom is -0.461 e. The number of anilines is 1. The van der Waals surface area contributed by atoms with E-state index < -0.39 is 17.5 Å². The molecule has 4 aromatic rings. The third-order valence-corrected chi connectivity index (χ3v) is 7.03. The fraction of sp³-hybridized carbons (Fsp3) is 0.267. The lowest BCUT2D eigenvalue weighted by atomic mass is 9.83. The maximum absolute atomic E-state index is 13.1. The van der Waals surface area contributed by atoms with E-state index in [9.17, 15) is 9.59 Å². The van der Waals surface area contributed by atoms with Crippen LogP contribution in [-0.4, -0.2) is 43.0 Å². The SMILES string of the molecule is CCOC(=O)c1cc(C(O[Si]C(C)(C)C)(c2ccccc2)c2ccccc2)nn1CC(=O)Nc1ccc(Cl)cn1. The third kappa shape index (κ3) is 6.85. The van der Waals surface area contributed by atoms with Crippen molar-refractivity contribution in [1.82, 2.24) is 14.8 Å². The van der Waals surface area contributed by atoms with Gasteiger partial charge in [-0.15, -0.1) is 0 Å². The highest BCUT2D eigenvalue weighted by Crippen LogP contribution is 2.41. The van der Waals surface area contributed by atoms with Gasteiger partial charge in [0, 0.05) is 6.20 Å². The largest absolute Gasteiger partial charge is 0.461 e. The van der Waals surface area contributed by atoms with Crippen molar-refractivity contribution in [3.05, 3.63) is 113 Å². The number of rotatable bonds is 10. The molecule has 0 aliphatic rings. The van der Waals surface area contributed by atoms with Gasteiger partial charge in [0.15, 0.2) is 5.60 Å². The van der Waals surface area contributed by atoms with Crippen LogP contribution in [0.4, 0.5) is 5.82 Å². The van der Waals surface area contributed by atoms with E-state index in [0.29, 0.717) is 16.5 Å². The summed E-state index contributed by atoms with van der Waals surface area (Å²) in [5, 5.41) is 7.86. The Balaban J connectivity index is 1.85. The highest BCUT2D eigenvalue weighted by atomic mass is 35.5. The van der Waals surface area contributed by atoms with Crippen LogP contribution in [-0.2, 0) is 26.1 Å². The number of hydrogen-bond acceptors (Lipinski definition) is 6. The average Bonchev–Trinajstić information content (AvgIpc) is 3.35. The Morgan fingerprint density at radius 2 is 1.60 bits per heavy atom. The normalized spacial score (nSPS) is 11.7. The van der Waals surface area contributed by atoms with Gasteiger partial charge >= 0.3 is 5.97 Å². The summed E-state index contributed by atoms with van der Waals surface area (Å²) < 4.78 is 13.5. The maximum atomic E-state index is 13.1. The Kier molecular flexibility index (Phi) is 9.19. The summed E-state index contributed by atoms with van der Waals surface area (Å²) in [6.45, 7) is 7.95. The summed E-state index contributed by atoms with van der Waals surface area (Å²) in [6, 6.07) is 24.4. The quantitative estimate of drug-likeness (QED) is 0.187. The zero-order valence-electron chi connectivity index (χ0n) is 22.8. The molecule has 0 spiro atoms. The van der Waals surface area contributed by atoms with Crippen molar-refractivity contribution in [2.75, 3.05) is 11.9 Å². The van der Waals surface area contributed by atoms with Gasteiger partial charge in [0.25, 0.3) is 0 Å². The van der Waals surface area contributed by atoms with E-state index in [2.05, 4.69) is 31.1 Å². The molecule has 4 rings (SSSR count). The molecule has 40 heavy (non-hydrogen) atoms. The first-order chi connectivity index (χ1) is 19.1. The fourth-order valence-corrected chi connectivity index (χ4v) is 4.97. The average molecular weight is 575 g/mol. The second kappa shape index (κ2) is 12.6. The van der Waals surface area contributed by atoms with Crippen molar-refractivity contribution in [2.45, 2.75) is 44.9 Å². The van der Waals surface area contributed by atoms with Crippen LogP contribution in [0.1, 0.15) is 55.0 Å². The van der Waals surface area contributed by atoms with Crippen molar-refractivity contribution in [3.63, 3.8) is 0 Å².